The molecule has 0 aromatic carbocycles. The van der Waals surface area contributed by atoms with Crippen molar-refractivity contribution in [2.75, 3.05) is 6.61 Å². The Morgan fingerprint density at radius 1 is 1.12 bits per heavy atom. The van der Waals surface area contributed by atoms with E-state index in [1.807, 2.05) is 6.08 Å². The lowest BCUT2D eigenvalue weighted by Gasteiger charge is -2.58. The van der Waals surface area contributed by atoms with Crippen molar-refractivity contribution >= 4 is 11.6 Å². The largest absolute Gasteiger partial charge is 0.389 e. The van der Waals surface area contributed by atoms with Crippen LogP contribution in [0.5, 0.6) is 0 Å². The second-order valence-electron chi connectivity index (χ2n) is 9.27. The lowest BCUT2D eigenvalue weighted by Crippen LogP contribution is -2.51. The van der Waals surface area contributed by atoms with Gasteiger partial charge in [0.05, 0.1) is 0 Å². The van der Waals surface area contributed by atoms with Crippen molar-refractivity contribution in [2.45, 2.75) is 65.2 Å². The molecule has 0 saturated heterocycles. The lowest BCUT2D eigenvalue weighted by atomic mass is 9.48. The molecular formula is C21H30O3. The van der Waals surface area contributed by atoms with Crippen molar-refractivity contribution < 1.29 is 14.7 Å². The Morgan fingerprint density at radius 3 is 2.67 bits per heavy atom. The van der Waals surface area contributed by atoms with Gasteiger partial charge in [-0.15, -0.1) is 0 Å². The highest BCUT2D eigenvalue weighted by molar-refractivity contribution is 5.91. The van der Waals surface area contributed by atoms with E-state index in [9.17, 15) is 14.7 Å². The first-order chi connectivity index (χ1) is 11.4. The Bertz CT molecular complexity index is 606. The van der Waals surface area contributed by atoms with E-state index in [0.717, 1.165) is 32.1 Å². The molecule has 0 unspecified atom stereocenters. The van der Waals surface area contributed by atoms with Gasteiger partial charge in [-0.3, -0.25) is 9.59 Å². The molecule has 0 spiro atoms. The first kappa shape index (κ1) is 16.5. The highest BCUT2D eigenvalue weighted by Gasteiger charge is 2.59. The van der Waals surface area contributed by atoms with Crippen molar-refractivity contribution in [1.82, 2.24) is 0 Å². The molecule has 6 atom stereocenters. The number of hydrogen-bond acceptors (Lipinski definition) is 3. The monoisotopic (exact) mass is 333 g/mol. The Kier molecular flexibility index (Phi) is 3.80. The molecule has 3 fully saturated rings. The molecule has 4 rings (SSSR count). The topological polar surface area (TPSA) is 54.4 Å². The van der Waals surface area contributed by atoms with E-state index in [4.69, 9.17) is 0 Å². The van der Waals surface area contributed by atoms with Crippen LogP contribution >= 0.6 is 0 Å². The SMILES string of the molecule is C[C@]12CC[C@H]3[C@@H](CCC4=[13CH][13C](=O)[13CH2]C[C@@]43C)[C@@H]1CC[C@@H]2C(=O)CO. The van der Waals surface area contributed by atoms with Gasteiger partial charge in [-0.05, 0) is 79.6 Å². The molecule has 3 nitrogen and oxygen atoms in total. The molecule has 1 N–H and O–H groups in total. The number of aliphatic hydroxyl groups excluding tert-OH is 1. The Morgan fingerprint density at radius 2 is 1.92 bits per heavy atom. The van der Waals surface area contributed by atoms with Crippen LogP contribution in [0.2, 0.25) is 0 Å². The number of aliphatic hydroxyl groups is 1. The standard InChI is InChI=1S/C21H30O3/c1-20-9-7-14(23)11-13(20)3-4-15-16-5-6-18(19(24)12-22)21(16,2)10-8-17(15)20/h11,15-18,22H,3-10,12H2,1-2H3/t15-,16-,17-,18+,20-,21-/m0/s1/i7+1,11+1,14+1. The Balaban J connectivity index is 1.65. The van der Waals surface area contributed by atoms with E-state index < -0.39 is 0 Å². The second-order valence-corrected chi connectivity index (χ2v) is 9.27. The molecule has 4 aliphatic carbocycles. The number of carbonyl (C=O) groups excluding carboxylic acids is 2. The third kappa shape index (κ3) is 2.13. The van der Waals surface area contributed by atoms with E-state index in [-0.39, 0.29) is 29.1 Å². The molecule has 0 bridgehead atoms. The van der Waals surface area contributed by atoms with Gasteiger partial charge in [0.2, 0.25) is 0 Å². The quantitative estimate of drug-likeness (QED) is 0.784. The molecule has 0 amide bonds. The average molecular weight is 333 g/mol. The van der Waals surface area contributed by atoms with Crippen LogP contribution in [-0.4, -0.2) is 23.3 Å². The van der Waals surface area contributed by atoms with Crippen molar-refractivity contribution in [3.63, 3.8) is 0 Å². The summed E-state index contributed by atoms with van der Waals surface area (Å²) in [4.78, 5) is 24.1. The zero-order valence-corrected chi connectivity index (χ0v) is 15.0. The van der Waals surface area contributed by atoms with Crippen LogP contribution in [0, 0.1) is 34.5 Å². The van der Waals surface area contributed by atoms with Crippen molar-refractivity contribution in [3.05, 3.63) is 11.6 Å². The number of Topliss-reactive ketones (excluding diaryl/α,β-unsaturated/α-hetero) is 1. The first-order valence-electron chi connectivity index (χ1n) is 9.77. The zero-order valence-electron chi connectivity index (χ0n) is 15.0. The second kappa shape index (κ2) is 5.52. The summed E-state index contributed by atoms with van der Waals surface area (Å²) in [6, 6.07) is 0. The molecule has 3 heteroatoms. The summed E-state index contributed by atoms with van der Waals surface area (Å²) < 4.78 is 0. The van der Waals surface area contributed by atoms with Gasteiger partial charge in [0.1, 0.15) is 6.61 Å². The number of carbonyl (C=O) groups is 2. The number of allylic oxidation sites excluding steroid dienone is 1. The summed E-state index contributed by atoms with van der Waals surface area (Å²) in [6.45, 7) is 4.42. The van der Waals surface area contributed by atoms with E-state index in [2.05, 4.69) is 13.8 Å². The van der Waals surface area contributed by atoms with Gasteiger partial charge in [0.25, 0.3) is 0 Å². The average Bonchev–Trinajstić information content (AvgIpc) is 2.92. The predicted molar refractivity (Wildman–Crippen MR) is 92.3 cm³/mol. The maximum Gasteiger partial charge on any atom is 0.161 e. The van der Waals surface area contributed by atoms with Gasteiger partial charge < -0.3 is 5.11 Å². The molecular weight excluding hydrogens is 303 g/mol. The molecule has 24 heavy (non-hydrogen) atoms. The van der Waals surface area contributed by atoms with Crippen LogP contribution in [0.15, 0.2) is 11.6 Å². The summed E-state index contributed by atoms with van der Waals surface area (Å²) in [5.41, 5.74) is 1.70. The van der Waals surface area contributed by atoms with Gasteiger partial charge in [-0.1, -0.05) is 19.4 Å². The van der Waals surface area contributed by atoms with Gasteiger partial charge in [-0.2, -0.15) is 0 Å². The minimum Gasteiger partial charge on any atom is -0.389 e. The minimum atomic E-state index is -0.298. The van der Waals surface area contributed by atoms with Crippen molar-refractivity contribution in [1.29, 1.82) is 0 Å². The van der Waals surface area contributed by atoms with E-state index in [1.54, 1.807) is 0 Å². The highest BCUT2D eigenvalue weighted by Crippen LogP contribution is 2.66. The summed E-state index contributed by atoms with van der Waals surface area (Å²) in [6.07, 6.45) is 10.3. The molecule has 0 radical (unpaired) electrons. The van der Waals surface area contributed by atoms with Crippen LogP contribution in [0.3, 0.4) is 0 Å². The Hall–Kier alpha value is -0.960. The smallest absolute Gasteiger partial charge is 0.161 e. The van der Waals surface area contributed by atoms with Crippen LogP contribution < -0.4 is 0 Å². The normalized spacial score (nSPS) is 47.5. The Labute approximate surface area is 144 Å². The summed E-state index contributed by atoms with van der Waals surface area (Å²) >= 11 is 0. The van der Waals surface area contributed by atoms with Crippen molar-refractivity contribution in [3.8, 4) is 0 Å². The predicted octanol–water partition coefficient (Wildman–Crippen LogP) is 3.70. The number of hydrogen-bond donors (Lipinski definition) is 1. The van der Waals surface area contributed by atoms with Crippen LogP contribution in [0.1, 0.15) is 65.2 Å². The summed E-state index contributed by atoms with van der Waals surface area (Å²) in [5.74, 6) is 2.42. The van der Waals surface area contributed by atoms with Gasteiger partial charge in [0, 0.05) is 12.3 Å². The molecule has 0 heterocycles. The van der Waals surface area contributed by atoms with E-state index in [0.29, 0.717) is 30.0 Å². The van der Waals surface area contributed by atoms with Gasteiger partial charge >= 0.3 is 0 Å². The first-order valence-corrected chi connectivity index (χ1v) is 9.77. The molecule has 0 aromatic rings. The lowest BCUT2D eigenvalue weighted by molar-refractivity contribution is -0.133. The van der Waals surface area contributed by atoms with Gasteiger partial charge in [0.15, 0.2) is 11.6 Å². The molecule has 0 aliphatic heterocycles. The third-order valence-corrected chi connectivity index (χ3v) is 8.51. The fourth-order valence-electron chi connectivity index (χ4n) is 7.20. The fraction of sp³-hybridized carbons (Fsp3) is 0.810. The summed E-state index contributed by atoms with van der Waals surface area (Å²) in [7, 11) is 0. The number of rotatable bonds is 2. The summed E-state index contributed by atoms with van der Waals surface area (Å²) in [5, 5.41) is 9.36. The maximum absolute atomic E-state index is 12.3. The zero-order chi connectivity index (χ0) is 17.1. The molecule has 0 aromatic heterocycles. The van der Waals surface area contributed by atoms with E-state index in [1.165, 1.54) is 18.4 Å². The molecule has 3 saturated carbocycles. The van der Waals surface area contributed by atoms with Crippen LogP contribution in [0.4, 0.5) is 0 Å². The van der Waals surface area contributed by atoms with Crippen LogP contribution in [-0.2, 0) is 9.59 Å². The third-order valence-electron chi connectivity index (χ3n) is 8.51. The number of ketones is 2. The number of fused-ring (bicyclic) bond motifs is 5. The van der Waals surface area contributed by atoms with Gasteiger partial charge in [-0.25, -0.2) is 0 Å². The van der Waals surface area contributed by atoms with Crippen LogP contribution in [0.25, 0.3) is 0 Å². The van der Waals surface area contributed by atoms with E-state index >= 15 is 0 Å². The fourth-order valence-corrected chi connectivity index (χ4v) is 7.20. The minimum absolute atomic E-state index is 0.0596. The van der Waals surface area contributed by atoms with Crippen molar-refractivity contribution in [2.24, 2.45) is 34.5 Å². The molecule has 4 aliphatic rings. The maximum atomic E-state index is 12.3. The highest BCUT2D eigenvalue weighted by atomic mass is 16.3. The molecule has 132 valence electrons.